The van der Waals surface area contributed by atoms with Crippen molar-refractivity contribution in [3.8, 4) is 11.3 Å². The second kappa shape index (κ2) is 7.33. The number of nitrogens with one attached hydrogen (secondary N) is 2. The van der Waals surface area contributed by atoms with Crippen molar-refractivity contribution in [3.05, 3.63) is 66.4 Å². The van der Waals surface area contributed by atoms with Gasteiger partial charge in [0, 0.05) is 17.2 Å². The molecule has 1 saturated carbocycles. The molecule has 29 heavy (non-hydrogen) atoms. The normalized spacial score (nSPS) is 14.7. The first-order valence-electron chi connectivity index (χ1n) is 9.75. The molecule has 2 N–H and O–H groups in total. The molecule has 0 unspecified atom stereocenters. The van der Waals surface area contributed by atoms with Gasteiger partial charge in [-0.25, -0.2) is 9.50 Å². The smallest absolute Gasteiger partial charge is 0.227 e. The van der Waals surface area contributed by atoms with Gasteiger partial charge < -0.3 is 10.6 Å². The van der Waals surface area contributed by atoms with E-state index < -0.39 is 0 Å². The molecule has 6 nitrogen and oxygen atoms in total. The van der Waals surface area contributed by atoms with Gasteiger partial charge in [-0.3, -0.25) is 4.79 Å². The number of rotatable bonds is 6. The molecule has 0 spiro atoms. The summed E-state index contributed by atoms with van der Waals surface area (Å²) in [5.74, 6) is 0.339. The number of fused-ring (bicyclic) bond motifs is 1. The Kier molecular flexibility index (Phi) is 4.52. The summed E-state index contributed by atoms with van der Waals surface area (Å²) in [5, 5.41) is 11.8. The van der Waals surface area contributed by atoms with Gasteiger partial charge in [0.05, 0.1) is 17.9 Å². The Labute approximate surface area is 172 Å². The fourth-order valence-corrected chi connectivity index (χ4v) is 4.09. The Bertz CT molecular complexity index is 1110. The molecule has 2 aromatic heterocycles. The topological polar surface area (TPSA) is 71.3 Å². The fraction of sp³-hybridized carbons (Fsp3) is 0.227. The minimum atomic E-state index is 0.0904. The number of anilines is 2. The van der Waals surface area contributed by atoms with Crippen molar-refractivity contribution in [2.24, 2.45) is 5.92 Å². The summed E-state index contributed by atoms with van der Waals surface area (Å²) in [4.78, 5) is 17.4. The molecule has 0 saturated heterocycles. The van der Waals surface area contributed by atoms with Crippen LogP contribution in [0.3, 0.4) is 0 Å². The van der Waals surface area contributed by atoms with Crippen molar-refractivity contribution in [3.63, 3.8) is 0 Å². The number of carbonyl (C=O) groups is 1. The molecule has 1 atom stereocenters. The van der Waals surface area contributed by atoms with Gasteiger partial charge in [-0.2, -0.15) is 0 Å². The zero-order valence-corrected chi connectivity index (χ0v) is 16.8. The minimum Gasteiger partial charge on any atom is -0.354 e. The third-order valence-corrected chi connectivity index (χ3v) is 5.93. The molecule has 5 rings (SSSR count). The molecule has 1 fully saturated rings. The van der Waals surface area contributed by atoms with E-state index in [4.69, 9.17) is 0 Å². The van der Waals surface area contributed by atoms with E-state index in [2.05, 4.69) is 27.6 Å². The third-order valence-electron chi connectivity index (χ3n) is 5.08. The molecule has 0 bridgehead atoms. The lowest BCUT2D eigenvalue weighted by Gasteiger charge is -2.13. The average molecular weight is 404 g/mol. The van der Waals surface area contributed by atoms with E-state index in [0.29, 0.717) is 0 Å². The van der Waals surface area contributed by atoms with E-state index in [1.807, 2.05) is 65.3 Å². The van der Waals surface area contributed by atoms with Crippen LogP contribution in [-0.4, -0.2) is 20.5 Å². The van der Waals surface area contributed by atoms with E-state index in [-0.39, 0.29) is 17.9 Å². The van der Waals surface area contributed by atoms with Gasteiger partial charge in [-0.05, 0) is 37.5 Å². The Morgan fingerprint density at radius 1 is 1.14 bits per heavy atom. The number of aromatic nitrogens is 3. The van der Waals surface area contributed by atoms with Crippen molar-refractivity contribution < 1.29 is 4.79 Å². The van der Waals surface area contributed by atoms with Crippen LogP contribution in [-0.2, 0) is 4.79 Å². The fourth-order valence-electron chi connectivity index (χ4n) is 3.22. The molecule has 2 aromatic carbocycles. The van der Waals surface area contributed by atoms with Gasteiger partial charge in [0.25, 0.3) is 0 Å². The zero-order valence-electron chi connectivity index (χ0n) is 16.0. The standard InChI is InChI=1S/C22H21N5OS/c1-14(15-9-11-18(12-10-15)24-20(28)17-7-8-17)23-21-26-27-13-19(25-22(27)29-21)16-5-3-2-4-6-16/h2-6,9-14,17H,7-8H2,1H3,(H,23,26)(H,24,28)/t14-/m0/s1. The second-order valence-corrected chi connectivity index (χ2v) is 8.33. The first-order chi connectivity index (χ1) is 14.2. The number of benzene rings is 2. The molecule has 0 aliphatic heterocycles. The predicted molar refractivity (Wildman–Crippen MR) is 116 cm³/mol. The summed E-state index contributed by atoms with van der Waals surface area (Å²) in [6.07, 6.45) is 3.97. The van der Waals surface area contributed by atoms with Crippen LogP contribution in [0.1, 0.15) is 31.4 Å². The van der Waals surface area contributed by atoms with Crippen LogP contribution in [0, 0.1) is 5.92 Å². The molecule has 0 radical (unpaired) electrons. The molecule has 4 aromatic rings. The highest BCUT2D eigenvalue weighted by Gasteiger charge is 2.29. The average Bonchev–Trinajstić information content (AvgIpc) is 3.42. The molecule has 146 valence electrons. The molecule has 1 amide bonds. The van der Waals surface area contributed by atoms with Crippen LogP contribution >= 0.6 is 11.3 Å². The number of carbonyl (C=O) groups excluding carboxylic acids is 1. The van der Waals surface area contributed by atoms with Crippen molar-refractivity contribution in [2.75, 3.05) is 10.6 Å². The second-order valence-electron chi connectivity index (χ2n) is 7.38. The predicted octanol–water partition coefficient (Wildman–Crippen LogP) is 4.98. The lowest BCUT2D eigenvalue weighted by molar-refractivity contribution is -0.117. The zero-order chi connectivity index (χ0) is 19.8. The highest BCUT2D eigenvalue weighted by molar-refractivity contribution is 7.20. The quantitative estimate of drug-likeness (QED) is 0.476. The number of hydrogen-bond donors (Lipinski definition) is 2. The monoisotopic (exact) mass is 403 g/mol. The Balaban J connectivity index is 1.26. The first kappa shape index (κ1) is 17.9. The molecule has 2 heterocycles. The number of imidazole rings is 1. The molecular formula is C22H21N5OS. The van der Waals surface area contributed by atoms with E-state index in [9.17, 15) is 4.79 Å². The lowest BCUT2D eigenvalue weighted by Crippen LogP contribution is -2.13. The Morgan fingerprint density at radius 2 is 1.90 bits per heavy atom. The molecule has 1 aliphatic rings. The van der Waals surface area contributed by atoms with Gasteiger partial charge in [0.2, 0.25) is 16.0 Å². The van der Waals surface area contributed by atoms with Crippen LogP contribution in [0.15, 0.2) is 60.8 Å². The van der Waals surface area contributed by atoms with Gasteiger partial charge in [0.15, 0.2) is 0 Å². The largest absolute Gasteiger partial charge is 0.354 e. The molecular weight excluding hydrogens is 382 g/mol. The summed E-state index contributed by atoms with van der Waals surface area (Å²) in [6, 6.07) is 18.2. The summed E-state index contributed by atoms with van der Waals surface area (Å²) < 4.78 is 1.82. The van der Waals surface area contributed by atoms with Crippen LogP contribution in [0.25, 0.3) is 16.2 Å². The summed E-state index contributed by atoms with van der Waals surface area (Å²) in [5.41, 5.74) is 3.99. The van der Waals surface area contributed by atoms with Crippen LogP contribution in [0.2, 0.25) is 0 Å². The van der Waals surface area contributed by atoms with Gasteiger partial charge >= 0.3 is 0 Å². The highest BCUT2D eigenvalue weighted by atomic mass is 32.1. The number of amides is 1. The summed E-state index contributed by atoms with van der Waals surface area (Å²) >= 11 is 1.53. The Hall–Kier alpha value is -3.19. The van der Waals surface area contributed by atoms with E-state index in [1.54, 1.807) is 0 Å². The van der Waals surface area contributed by atoms with E-state index in [1.165, 1.54) is 11.3 Å². The van der Waals surface area contributed by atoms with Crippen molar-refractivity contribution in [1.29, 1.82) is 0 Å². The third kappa shape index (κ3) is 3.86. The van der Waals surface area contributed by atoms with Crippen LogP contribution < -0.4 is 10.6 Å². The number of nitrogens with zero attached hydrogens (tertiary/aromatic N) is 3. The van der Waals surface area contributed by atoms with Crippen molar-refractivity contribution in [1.82, 2.24) is 14.6 Å². The Morgan fingerprint density at radius 3 is 2.59 bits per heavy atom. The lowest BCUT2D eigenvalue weighted by atomic mass is 10.1. The van der Waals surface area contributed by atoms with Crippen LogP contribution in [0.4, 0.5) is 10.8 Å². The summed E-state index contributed by atoms with van der Waals surface area (Å²) in [6.45, 7) is 2.09. The minimum absolute atomic E-state index is 0.0904. The van der Waals surface area contributed by atoms with Gasteiger partial charge in [0.1, 0.15) is 0 Å². The maximum Gasteiger partial charge on any atom is 0.227 e. The van der Waals surface area contributed by atoms with Crippen LogP contribution in [0.5, 0.6) is 0 Å². The molecule has 1 aliphatic carbocycles. The van der Waals surface area contributed by atoms with Crippen molar-refractivity contribution >= 4 is 33.0 Å². The van der Waals surface area contributed by atoms with E-state index >= 15 is 0 Å². The van der Waals surface area contributed by atoms with Crippen molar-refractivity contribution in [2.45, 2.75) is 25.8 Å². The van der Waals surface area contributed by atoms with Gasteiger partial charge in [-0.15, -0.1) is 5.10 Å². The number of hydrogen-bond acceptors (Lipinski definition) is 5. The SMILES string of the molecule is C[C@H](Nc1nn2cc(-c3ccccc3)nc2s1)c1ccc(NC(=O)C2CC2)cc1. The first-order valence-corrected chi connectivity index (χ1v) is 10.6. The van der Waals surface area contributed by atoms with E-state index in [0.717, 1.165) is 45.4 Å². The highest BCUT2D eigenvalue weighted by Crippen LogP contribution is 2.31. The maximum atomic E-state index is 11.9. The maximum absolute atomic E-state index is 11.9. The van der Waals surface area contributed by atoms with Gasteiger partial charge in [-0.1, -0.05) is 53.8 Å². The summed E-state index contributed by atoms with van der Waals surface area (Å²) in [7, 11) is 0. The molecule has 7 heteroatoms.